The van der Waals surface area contributed by atoms with Gasteiger partial charge in [-0.15, -0.1) is 0 Å². The fourth-order valence-corrected chi connectivity index (χ4v) is 4.11. The first-order valence-corrected chi connectivity index (χ1v) is 9.47. The van der Waals surface area contributed by atoms with Crippen LogP contribution in [0.4, 0.5) is 0 Å². The van der Waals surface area contributed by atoms with Crippen LogP contribution in [0.3, 0.4) is 0 Å². The van der Waals surface area contributed by atoms with Crippen LogP contribution in [-0.2, 0) is 6.42 Å². The number of ether oxygens (including phenoxy) is 3. The van der Waals surface area contributed by atoms with E-state index in [1.54, 1.807) is 14.2 Å². The molecule has 5 nitrogen and oxygen atoms in total. The van der Waals surface area contributed by atoms with Gasteiger partial charge in [-0.2, -0.15) is 0 Å². The van der Waals surface area contributed by atoms with E-state index in [9.17, 15) is 4.79 Å². The van der Waals surface area contributed by atoms with Gasteiger partial charge in [-0.05, 0) is 49.1 Å². The summed E-state index contributed by atoms with van der Waals surface area (Å²) in [7, 11) is 3.31. The van der Waals surface area contributed by atoms with E-state index in [1.165, 1.54) is 0 Å². The van der Waals surface area contributed by atoms with E-state index in [2.05, 4.69) is 6.07 Å². The Morgan fingerprint density at radius 2 is 2.07 bits per heavy atom. The molecule has 27 heavy (non-hydrogen) atoms. The predicted molar refractivity (Wildman–Crippen MR) is 103 cm³/mol. The number of carbonyl (C=O) groups is 1. The molecular formula is C22H25NO4. The molecular weight excluding hydrogens is 342 g/mol. The zero-order valence-electron chi connectivity index (χ0n) is 15.9. The fraction of sp³-hybridized carbons (Fsp3) is 0.409. The van der Waals surface area contributed by atoms with Gasteiger partial charge in [0.2, 0.25) is 0 Å². The lowest BCUT2D eigenvalue weighted by Gasteiger charge is -2.21. The van der Waals surface area contributed by atoms with Gasteiger partial charge in [-0.25, -0.2) is 0 Å². The van der Waals surface area contributed by atoms with Crippen molar-refractivity contribution in [2.24, 2.45) is 0 Å². The van der Waals surface area contributed by atoms with Crippen molar-refractivity contribution in [3.8, 4) is 17.2 Å². The molecule has 2 aliphatic rings. The largest absolute Gasteiger partial charge is 0.493 e. The van der Waals surface area contributed by atoms with Crippen molar-refractivity contribution in [3.63, 3.8) is 0 Å². The molecule has 142 valence electrons. The van der Waals surface area contributed by atoms with Crippen LogP contribution in [0.15, 0.2) is 36.4 Å². The lowest BCUT2D eigenvalue weighted by atomic mass is 9.97. The normalized spacial score (nSPS) is 18.6. The molecule has 0 aliphatic carbocycles. The summed E-state index contributed by atoms with van der Waals surface area (Å²) in [5, 5.41) is 0. The third-order valence-corrected chi connectivity index (χ3v) is 5.50. The molecule has 0 N–H and O–H groups in total. The van der Waals surface area contributed by atoms with Gasteiger partial charge < -0.3 is 19.1 Å². The molecule has 1 unspecified atom stereocenters. The zero-order chi connectivity index (χ0) is 18.8. The Kier molecular flexibility index (Phi) is 4.92. The lowest BCUT2D eigenvalue weighted by Crippen LogP contribution is -2.28. The van der Waals surface area contributed by atoms with E-state index in [4.69, 9.17) is 14.2 Å². The van der Waals surface area contributed by atoms with Gasteiger partial charge in [0.25, 0.3) is 5.91 Å². The minimum Gasteiger partial charge on any atom is -0.493 e. The smallest absolute Gasteiger partial charge is 0.253 e. The number of fused-ring (bicyclic) bond motifs is 1. The molecule has 1 amide bonds. The maximum Gasteiger partial charge on any atom is 0.253 e. The number of amides is 1. The van der Waals surface area contributed by atoms with Crippen LogP contribution in [0.2, 0.25) is 0 Å². The molecule has 2 aromatic rings. The van der Waals surface area contributed by atoms with Crippen molar-refractivity contribution in [2.75, 3.05) is 33.9 Å². The number of nitrogens with zero attached hydrogens (tertiary/aromatic N) is 1. The highest BCUT2D eigenvalue weighted by Crippen LogP contribution is 2.39. The number of para-hydroxylation sites is 1. The summed E-state index contributed by atoms with van der Waals surface area (Å²) in [6.07, 6.45) is 2.90. The van der Waals surface area contributed by atoms with E-state index in [0.29, 0.717) is 6.54 Å². The summed E-state index contributed by atoms with van der Waals surface area (Å²) < 4.78 is 16.7. The van der Waals surface area contributed by atoms with Crippen LogP contribution in [-0.4, -0.2) is 44.7 Å². The predicted octanol–water partition coefficient (Wildman–Crippen LogP) is 3.66. The number of hydrogen-bond donors (Lipinski definition) is 0. The molecule has 2 aromatic carbocycles. The summed E-state index contributed by atoms with van der Waals surface area (Å²) >= 11 is 0. The second-order valence-corrected chi connectivity index (χ2v) is 7.09. The molecule has 1 fully saturated rings. The summed E-state index contributed by atoms with van der Waals surface area (Å²) in [6.45, 7) is 2.20. The molecule has 0 spiro atoms. The van der Waals surface area contributed by atoms with E-state index in [1.807, 2.05) is 35.2 Å². The molecule has 1 atom stereocenters. The monoisotopic (exact) mass is 367 g/mol. The second kappa shape index (κ2) is 7.51. The molecule has 0 aromatic heterocycles. The minimum atomic E-state index is 0.0905. The number of aryl methyl sites for hydroxylation is 1. The Labute approximate surface area is 159 Å². The van der Waals surface area contributed by atoms with Crippen LogP contribution >= 0.6 is 0 Å². The number of hydrogen-bond acceptors (Lipinski definition) is 4. The van der Waals surface area contributed by atoms with E-state index in [0.717, 1.165) is 66.4 Å². The lowest BCUT2D eigenvalue weighted by molar-refractivity contribution is 0.0790. The Bertz CT molecular complexity index is 848. The highest BCUT2D eigenvalue weighted by molar-refractivity contribution is 5.95. The highest BCUT2D eigenvalue weighted by atomic mass is 16.5. The van der Waals surface area contributed by atoms with Crippen LogP contribution in [0, 0.1) is 0 Å². The third kappa shape index (κ3) is 3.34. The average molecular weight is 367 g/mol. The summed E-state index contributed by atoms with van der Waals surface area (Å²) in [5.74, 6) is 2.76. The number of likely N-dealkylation sites (tertiary alicyclic amines) is 1. The van der Waals surface area contributed by atoms with Gasteiger partial charge in [-0.1, -0.05) is 12.1 Å². The van der Waals surface area contributed by atoms with Crippen LogP contribution < -0.4 is 14.2 Å². The van der Waals surface area contributed by atoms with E-state index >= 15 is 0 Å². The van der Waals surface area contributed by atoms with Crippen molar-refractivity contribution >= 4 is 5.91 Å². The summed E-state index contributed by atoms with van der Waals surface area (Å²) in [5.41, 5.74) is 2.99. The fourth-order valence-electron chi connectivity index (χ4n) is 4.11. The van der Waals surface area contributed by atoms with Gasteiger partial charge >= 0.3 is 0 Å². The van der Waals surface area contributed by atoms with Gasteiger partial charge in [0.15, 0.2) is 11.5 Å². The Hall–Kier alpha value is -2.69. The van der Waals surface area contributed by atoms with Gasteiger partial charge in [0.1, 0.15) is 5.75 Å². The molecule has 2 aliphatic heterocycles. The number of benzene rings is 2. The Balaban J connectivity index is 1.52. The van der Waals surface area contributed by atoms with Crippen LogP contribution in [0.5, 0.6) is 17.2 Å². The van der Waals surface area contributed by atoms with Crippen LogP contribution in [0.25, 0.3) is 0 Å². The summed E-state index contributed by atoms with van der Waals surface area (Å²) in [4.78, 5) is 15.0. The first kappa shape index (κ1) is 17.7. The molecule has 0 radical (unpaired) electrons. The molecule has 2 heterocycles. The van der Waals surface area contributed by atoms with E-state index < -0.39 is 0 Å². The van der Waals surface area contributed by atoms with Crippen molar-refractivity contribution in [3.05, 3.63) is 53.1 Å². The van der Waals surface area contributed by atoms with Crippen molar-refractivity contribution in [1.82, 2.24) is 4.90 Å². The van der Waals surface area contributed by atoms with Gasteiger partial charge in [-0.3, -0.25) is 4.79 Å². The number of rotatable bonds is 4. The number of carbonyl (C=O) groups excluding carboxylic acids is 1. The maximum absolute atomic E-state index is 13.0. The number of methoxy groups -OCH3 is 2. The molecule has 0 saturated carbocycles. The molecule has 1 saturated heterocycles. The van der Waals surface area contributed by atoms with Crippen molar-refractivity contribution < 1.29 is 19.0 Å². The summed E-state index contributed by atoms with van der Waals surface area (Å²) in [6, 6.07) is 11.7. The maximum atomic E-state index is 13.0. The minimum absolute atomic E-state index is 0.0905. The molecule has 4 rings (SSSR count). The van der Waals surface area contributed by atoms with E-state index in [-0.39, 0.29) is 11.8 Å². The van der Waals surface area contributed by atoms with Crippen LogP contribution in [0.1, 0.15) is 40.2 Å². The quantitative estimate of drug-likeness (QED) is 0.827. The van der Waals surface area contributed by atoms with Crippen molar-refractivity contribution in [2.45, 2.75) is 25.2 Å². The Morgan fingerprint density at radius 1 is 1.19 bits per heavy atom. The molecule has 5 heteroatoms. The second-order valence-electron chi connectivity index (χ2n) is 7.09. The standard InChI is InChI=1S/C22H25NO4/c1-25-20-7-3-6-18(21(20)26-2)17-10-11-23(14-17)22(24)16-8-9-19-15(13-16)5-4-12-27-19/h3,6-9,13,17H,4-5,10-12,14H2,1-2H3. The first-order chi connectivity index (χ1) is 13.2. The topological polar surface area (TPSA) is 48.0 Å². The zero-order valence-corrected chi connectivity index (χ0v) is 15.9. The van der Waals surface area contributed by atoms with Gasteiger partial charge in [0, 0.05) is 30.1 Å². The average Bonchev–Trinajstić information content (AvgIpc) is 3.22. The molecule has 0 bridgehead atoms. The SMILES string of the molecule is COc1cccc(C2CCN(C(=O)c3ccc4c(c3)CCCO4)C2)c1OC. The third-order valence-electron chi connectivity index (χ3n) is 5.50. The highest BCUT2D eigenvalue weighted by Gasteiger charge is 2.31. The van der Waals surface area contributed by atoms with Crippen molar-refractivity contribution in [1.29, 1.82) is 0 Å². The van der Waals surface area contributed by atoms with Gasteiger partial charge in [0.05, 0.1) is 20.8 Å². The first-order valence-electron chi connectivity index (χ1n) is 9.47. The Morgan fingerprint density at radius 3 is 2.89 bits per heavy atom.